The fourth-order valence-electron chi connectivity index (χ4n) is 3.31. The van der Waals surface area contributed by atoms with E-state index in [1.807, 2.05) is 29.2 Å². The van der Waals surface area contributed by atoms with Crippen LogP contribution in [-0.4, -0.2) is 37.6 Å². The van der Waals surface area contributed by atoms with Gasteiger partial charge in [-0.2, -0.15) is 0 Å². The van der Waals surface area contributed by atoms with Crippen LogP contribution in [0.1, 0.15) is 31.2 Å². The minimum Gasteiger partial charge on any atom is -0.381 e. The molecule has 7 heteroatoms. The number of halogens is 1. The number of ether oxygens (including phenoxy) is 1. The van der Waals surface area contributed by atoms with Crippen molar-refractivity contribution >= 4 is 29.9 Å². The molecule has 2 aliphatic rings. The van der Waals surface area contributed by atoms with Gasteiger partial charge in [-0.15, -0.1) is 12.4 Å². The van der Waals surface area contributed by atoms with Gasteiger partial charge in [0.15, 0.2) is 0 Å². The number of hydrogen-bond donors (Lipinski definition) is 2. The van der Waals surface area contributed by atoms with Crippen molar-refractivity contribution in [3.63, 3.8) is 0 Å². The van der Waals surface area contributed by atoms with E-state index in [0.29, 0.717) is 26.2 Å². The number of rotatable bonds is 5. The minimum absolute atomic E-state index is 0. The molecule has 2 saturated heterocycles. The van der Waals surface area contributed by atoms with Crippen molar-refractivity contribution in [3.8, 4) is 0 Å². The van der Waals surface area contributed by atoms with Crippen LogP contribution in [0.5, 0.6) is 0 Å². The van der Waals surface area contributed by atoms with Crippen LogP contribution < -0.4 is 16.0 Å². The zero-order chi connectivity index (χ0) is 16.9. The summed E-state index contributed by atoms with van der Waals surface area (Å²) in [5.74, 6) is 0.265. The topological polar surface area (TPSA) is 84.7 Å². The van der Waals surface area contributed by atoms with Gasteiger partial charge < -0.3 is 20.7 Å². The second-order valence-corrected chi connectivity index (χ2v) is 6.51. The maximum absolute atomic E-state index is 12.2. The van der Waals surface area contributed by atoms with Crippen molar-refractivity contribution in [2.24, 2.45) is 11.7 Å². The van der Waals surface area contributed by atoms with E-state index in [1.54, 1.807) is 0 Å². The van der Waals surface area contributed by atoms with Crippen LogP contribution in [-0.2, 0) is 20.9 Å². The predicted molar refractivity (Wildman–Crippen MR) is 98.6 cm³/mol. The Bertz CT molecular complexity index is 588. The second-order valence-electron chi connectivity index (χ2n) is 6.51. The molecule has 25 heavy (non-hydrogen) atoms. The van der Waals surface area contributed by atoms with Gasteiger partial charge >= 0.3 is 0 Å². The maximum Gasteiger partial charge on any atom is 0.237 e. The second kappa shape index (κ2) is 9.17. The van der Waals surface area contributed by atoms with Gasteiger partial charge in [0.05, 0.1) is 6.04 Å². The first-order chi connectivity index (χ1) is 11.6. The summed E-state index contributed by atoms with van der Waals surface area (Å²) in [6, 6.07) is 7.28. The Morgan fingerprint density at radius 3 is 2.56 bits per heavy atom. The fraction of sp³-hybridized carbons (Fsp3) is 0.556. The van der Waals surface area contributed by atoms with Gasteiger partial charge in [-0.1, -0.05) is 12.1 Å². The van der Waals surface area contributed by atoms with Crippen LogP contribution in [0.2, 0.25) is 0 Å². The van der Waals surface area contributed by atoms with Crippen LogP contribution in [0, 0.1) is 5.92 Å². The fourth-order valence-corrected chi connectivity index (χ4v) is 3.31. The Hall–Kier alpha value is -1.63. The lowest BCUT2D eigenvalue weighted by Gasteiger charge is -2.26. The predicted octanol–water partition coefficient (Wildman–Crippen LogP) is 1.61. The van der Waals surface area contributed by atoms with Crippen molar-refractivity contribution in [1.82, 2.24) is 5.32 Å². The smallest absolute Gasteiger partial charge is 0.237 e. The monoisotopic (exact) mass is 367 g/mol. The Morgan fingerprint density at radius 2 is 1.96 bits per heavy atom. The molecule has 2 aliphatic heterocycles. The highest BCUT2D eigenvalue weighted by Gasteiger charge is 2.26. The third kappa shape index (κ3) is 4.93. The molecule has 2 fully saturated rings. The largest absolute Gasteiger partial charge is 0.381 e. The van der Waals surface area contributed by atoms with E-state index in [0.717, 1.165) is 37.1 Å². The summed E-state index contributed by atoms with van der Waals surface area (Å²) in [5.41, 5.74) is 7.99. The van der Waals surface area contributed by atoms with E-state index in [-0.39, 0.29) is 30.1 Å². The van der Waals surface area contributed by atoms with Crippen LogP contribution in [0.15, 0.2) is 24.3 Å². The summed E-state index contributed by atoms with van der Waals surface area (Å²) in [5, 5.41) is 2.91. The van der Waals surface area contributed by atoms with Crippen molar-refractivity contribution in [2.45, 2.75) is 38.3 Å². The van der Waals surface area contributed by atoms with Gasteiger partial charge in [0, 0.05) is 38.4 Å². The molecule has 0 bridgehead atoms. The molecule has 2 heterocycles. The van der Waals surface area contributed by atoms with E-state index >= 15 is 0 Å². The van der Waals surface area contributed by atoms with E-state index in [1.165, 1.54) is 0 Å². The maximum atomic E-state index is 12.2. The average molecular weight is 368 g/mol. The number of amides is 2. The first-order valence-corrected chi connectivity index (χ1v) is 8.65. The number of nitrogens with zero attached hydrogens (tertiary/aromatic N) is 1. The highest BCUT2D eigenvalue weighted by Crippen LogP contribution is 2.22. The van der Waals surface area contributed by atoms with Crippen molar-refractivity contribution in [2.75, 3.05) is 24.7 Å². The molecule has 1 atom stereocenters. The van der Waals surface area contributed by atoms with Gasteiger partial charge in [-0.05, 0) is 42.9 Å². The van der Waals surface area contributed by atoms with E-state index in [9.17, 15) is 9.59 Å². The van der Waals surface area contributed by atoms with Gasteiger partial charge in [-0.25, -0.2) is 0 Å². The van der Waals surface area contributed by atoms with Gasteiger partial charge in [0.25, 0.3) is 0 Å². The molecule has 0 aliphatic carbocycles. The molecular weight excluding hydrogens is 342 g/mol. The molecule has 6 nitrogen and oxygen atoms in total. The first kappa shape index (κ1) is 19.7. The lowest BCUT2D eigenvalue weighted by molar-refractivity contribution is -0.124. The molecule has 2 amide bonds. The molecule has 3 N–H and O–H groups in total. The summed E-state index contributed by atoms with van der Waals surface area (Å²) in [7, 11) is 0. The summed E-state index contributed by atoms with van der Waals surface area (Å²) in [6.45, 7) is 2.60. The highest BCUT2D eigenvalue weighted by molar-refractivity contribution is 5.95. The molecule has 1 unspecified atom stereocenters. The highest BCUT2D eigenvalue weighted by atomic mass is 35.5. The number of nitrogens with two attached hydrogens (primary N) is 1. The van der Waals surface area contributed by atoms with Crippen molar-refractivity contribution in [1.29, 1.82) is 0 Å². The van der Waals surface area contributed by atoms with E-state index in [2.05, 4.69) is 5.32 Å². The summed E-state index contributed by atoms with van der Waals surface area (Å²) >= 11 is 0. The van der Waals surface area contributed by atoms with Crippen LogP contribution in [0.4, 0.5) is 5.69 Å². The molecular formula is C18H26ClN3O3. The minimum atomic E-state index is -0.476. The van der Waals surface area contributed by atoms with E-state index < -0.39 is 6.04 Å². The molecule has 0 aromatic heterocycles. The molecule has 0 saturated carbocycles. The normalized spacial score (nSPS) is 19.4. The van der Waals surface area contributed by atoms with E-state index in [4.69, 9.17) is 10.5 Å². The number of nitrogens with one attached hydrogen (secondary N) is 1. The Kier molecular flexibility index (Phi) is 7.23. The van der Waals surface area contributed by atoms with Crippen LogP contribution >= 0.6 is 12.4 Å². The molecule has 1 aromatic rings. The lowest BCUT2D eigenvalue weighted by Crippen LogP contribution is -2.46. The van der Waals surface area contributed by atoms with Crippen LogP contribution in [0.3, 0.4) is 0 Å². The summed E-state index contributed by atoms with van der Waals surface area (Å²) in [4.78, 5) is 25.8. The standard InChI is InChI=1S/C18H25N3O3.ClH/c19-17(14-7-10-24-11-8-14)18(23)20-12-13-3-5-15(6-4-13)21-9-1-2-16(21)22;/h3-6,14,17H,1-2,7-12,19H2,(H,20,23);1H. The number of benzene rings is 1. The Morgan fingerprint density at radius 1 is 1.28 bits per heavy atom. The first-order valence-electron chi connectivity index (χ1n) is 8.65. The third-order valence-electron chi connectivity index (χ3n) is 4.86. The number of carbonyl (C=O) groups is 2. The van der Waals surface area contributed by atoms with Gasteiger partial charge in [-0.3, -0.25) is 9.59 Å². The lowest BCUT2D eigenvalue weighted by atomic mass is 9.92. The molecule has 138 valence electrons. The molecule has 0 spiro atoms. The summed E-state index contributed by atoms with van der Waals surface area (Å²) in [6.07, 6.45) is 3.23. The number of carbonyl (C=O) groups excluding carboxylic acids is 2. The van der Waals surface area contributed by atoms with Crippen molar-refractivity contribution < 1.29 is 14.3 Å². The summed E-state index contributed by atoms with van der Waals surface area (Å²) < 4.78 is 5.30. The van der Waals surface area contributed by atoms with Gasteiger partial charge in [0.2, 0.25) is 11.8 Å². The molecule has 3 rings (SSSR count). The average Bonchev–Trinajstić information content (AvgIpc) is 3.06. The van der Waals surface area contributed by atoms with Crippen molar-refractivity contribution in [3.05, 3.63) is 29.8 Å². The number of anilines is 1. The molecule has 0 radical (unpaired) electrons. The number of hydrogen-bond acceptors (Lipinski definition) is 4. The zero-order valence-electron chi connectivity index (χ0n) is 14.3. The molecule has 1 aromatic carbocycles. The Balaban J connectivity index is 0.00000225. The third-order valence-corrected chi connectivity index (χ3v) is 4.86. The van der Waals surface area contributed by atoms with Gasteiger partial charge in [0.1, 0.15) is 0 Å². The Labute approximate surface area is 154 Å². The zero-order valence-corrected chi connectivity index (χ0v) is 15.1. The quantitative estimate of drug-likeness (QED) is 0.828. The van der Waals surface area contributed by atoms with Crippen LogP contribution in [0.25, 0.3) is 0 Å². The SMILES string of the molecule is Cl.NC(C(=O)NCc1ccc(N2CCCC2=O)cc1)C1CCOCC1.